The molecule has 1 N–H and O–H groups in total. The molecule has 1 aliphatic carbocycles. The van der Waals surface area contributed by atoms with Crippen LogP contribution in [0.15, 0.2) is 41.3 Å². The number of benzene rings is 1. The highest BCUT2D eigenvalue weighted by molar-refractivity contribution is 5.55. The fourth-order valence-electron chi connectivity index (χ4n) is 4.95. The Morgan fingerprint density at radius 2 is 1.86 bits per heavy atom. The number of H-pyrrole nitrogens is 1. The molecule has 2 aliphatic rings. The van der Waals surface area contributed by atoms with Gasteiger partial charge >= 0.3 is 0 Å². The number of aryl methyl sites for hydroxylation is 2. The summed E-state index contributed by atoms with van der Waals surface area (Å²) in [4.78, 5) is 27.9. The molecule has 0 saturated carbocycles. The first-order valence-electron chi connectivity index (χ1n) is 10.4. The first kappa shape index (κ1) is 18.3. The van der Waals surface area contributed by atoms with E-state index in [1.807, 2.05) is 44.3 Å². The summed E-state index contributed by atoms with van der Waals surface area (Å²) in [6.45, 7) is 4.97. The summed E-state index contributed by atoms with van der Waals surface area (Å²) in [5.41, 5.74) is 4.14. The van der Waals surface area contributed by atoms with Gasteiger partial charge in [0.2, 0.25) is 0 Å². The molecule has 0 atom stereocenters. The Kier molecular flexibility index (Phi) is 4.39. The van der Waals surface area contributed by atoms with Gasteiger partial charge in [0, 0.05) is 36.3 Å². The largest absolute Gasteiger partial charge is 0.338 e. The average molecular weight is 390 g/mol. The summed E-state index contributed by atoms with van der Waals surface area (Å²) < 4.78 is 2.08. The number of nitrogens with one attached hydrogen (secondary N) is 1. The molecule has 1 fully saturated rings. The highest BCUT2D eigenvalue weighted by Gasteiger charge is 2.44. The van der Waals surface area contributed by atoms with E-state index >= 15 is 0 Å². The minimum absolute atomic E-state index is 0.0390. The van der Waals surface area contributed by atoms with E-state index in [2.05, 4.69) is 25.6 Å². The van der Waals surface area contributed by atoms with Crippen LogP contribution in [0.25, 0.3) is 11.4 Å². The van der Waals surface area contributed by atoms with Gasteiger partial charge in [0.05, 0.1) is 11.4 Å². The second-order valence-corrected chi connectivity index (χ2v) is 8.55. The number of hydrogen-bond acceptors (Lipinski definition) is 4. The maximum Gasteiger partial charge on any atom is 0.254 e. The second kappa shape index (κ2) is 6.95. The zero-order chi connectivity index (χ0) is 20.0. The maximum absolute atomic E-state index is 12.8. The van der Waals surface area contributed by atoms with E-state index in [0.717, 1.165) is 73.7 Å². The monoisotopic (exact) mass is 389 g/mol. The third-order valence-corrected chi connectivity index (χ3v) is 6.78. The van der Waals surface area contributed by atoms with Gasteiger partial charge in [0.25, 0.3) is 5.56 Å². The van der Waals surface area contributed by atoms with Crippen molar-refractivity contribution in [3.63, 3.8) is 0 Å². The Labute approximate surface area is 170 Å². The SMILES string of the molecule is Cc1nc(CN2CCC3(CCc4c3nc(-c3ccccc3)[nH]c4=O)CC2)cn1C. The van der Waals surface area contributed by atoms with E-state index in [1.54, 1.807) is 0 Å². The van der Waals surface area contributed by atoms with Crippen LogP contribution in [0.4, 0.5) is 0 Å². The van der Waals surface area contributed by atoms with E-state index in [0.29, 0.717) is 5.82 Å². The van der Waals surface area contributed by atoms with Crippen molar-refractivity contribution in [1.29, 1.82) is 0 Å². The topological polar surface area (TPSA) is 66.8 Å². The first-order chi connectivity index (χ1) is 14.0. The molecule has 0 unspecified atom stereocenters. The summed E-state index contributed by atoms with van der Waals surface area (Å²) in [6.07, 6.45) is 6.10. The summed E-state index contributed by atoms with van der Waals surface area (Å²) in [6, 6.07) is 9.95. The lowest BCUT2D eigenvalue weighted by Crippen LogP contribution is -2.42. The van der Waals surface area contributed by atoms with Crippen LogP contribution in [0.3, 0.4) is 0 Å². The zero-order valence-electron chi connectivity index (χ0n) is 17.1. The number of hydrogen-bond donors (Lipinski definition) is 1. The van der Waals surface area contributed by atoms with Gasteiger partial charge < -0.3 is 9.55 Å². The van der Waals surface area contributed by atoms with Crippen molar-refractivity contribution in [1.82, 2.24) is 24.4 Å². The highest BCUT2D eigenvalue weighted by atomic mass is 16.1. The van der Waals surface area contributed by atoms with Crippen LogP contribution >= 0.6 is 0 Å². The number of piperidine rings is 1. The van der Waals surface area contributed by atoms with Crippen molar-refractivity contribution in [2.24, 2.45) is 7.05 Å². The van der Waals surface area contributed by atoms with Gasteiger partial charge in [-0.2, -0.15) is 0 Å². The molecular weight excluding hydrogens is 362 g/mol. The van der Waals surface area contributed by atoms with Gasteiger partial charge in [-0.05, 0) is 45.7 Å². The predicted molar refractivity (Wildman–Crippen MR) is 113 cm³/mol. The van der Waals surface area contributed by atoms with Crippen molar-refractivity contribution < 1.29 is 0 Å². The molecule has 0 amide bonds. The summed E-state index contributed by atoms with van der Waals surface area (Å²) >= 11 is 0. The molecule has 150 valence electrons. The lowest BCUT2D eigenvalue weighted by Gasteiger charge is -2.39. The van der Waals surface area contributed by atoms with E-state index in [-0.39, 0.29) is 11.0 Å². The average Bonchev–Trinajstić information content (AvgIpc) is 3.24. The molecule has 3 aromatic rings. The van der Waals surface area contributed by atoms with Crippen molar-refractivity contribution in [2.45, 2.75) is 44.6 Å². The minimum Gasteiger partial charge on any atom is -0.338 e. The van der Waals surface area contributed by atoms with Crippen LogP contribution in [0.1, 0.15) is 42.0 Å². The number of nitrogens with zero attached hydrogens (tertiary/aromatic N) is 4. The van der Waals surface area contributed by atoms with Gasteiger partial charge in [0.1, 0.15) is 11.6 Å². The fraction of sp³-hybridized carbons (Fsp3) is 0.435. The lowest BCUT2D eigenvalue weighted by atomic mass is 9.76. The summed E-state index contributed by atoms with van der Waals surface area (Å²) in [5, 5.41) is 0. The predicted octanol–water partition coefficient (Wildman–Crippen LogP) is 2.96. The Bertz CT molecular complexity index is 1070. The third-order valence-electron chi connectivity index (χ3n) is 6.78. The van der Waals surface area contributed by atoms with Crippen LogP contribution in [0, 0.1) is 6.92 Å². The number of imidazole rings is 1. The van der Waals surface area contributed by atoms with Gasteiger partial charge in [-0.1, -0.05) is 30.3 Å². The summed E-state index contributed by atoms with van der Waals surface area (Å²) in [5.74, 6) is 1.75. The molecule has 2 aromatic heterocycles. The van der Waals surface area contributed by atoms with Gasteiger partial charge in [0.15, 0.2) is 0 Å². The Morgan fingerprint density at radius 3 is 2.55 bits per heavy atom. The Morgan fingerprint density at radius 1 is 1.10 bits per heavy atom. The molecule has 1 aliphatic heterocycles. The fourth-order valence-corrected chi connectivity index (χ4v) is 4.95. The van der Waals surface area contributed by atoms with E-state index < -0.39 is 0 Å². The summed E-state index contributed by atoms with van der Waals surface area (Å²) in [7, 11) is 2.04. The van der Waals surface area contributed by atoms with Crippen LogP contribution in [-0.2, 0) is 25.4 Å². The molecule has 0 radical (unpaired) electrons. The second-order valence-electron chi connectivity index (χ2n) is 8.55. The standard InChI is InChI=1S/C23H27N5O/c1-16-24-18(14-27(16)2)15-28-12-10-23(11-13-28)9-8-19-20(23)25-21(26-22(19)29)17-6-4-3-5-7-17/h3-7,14H,8-13,15H2,1-2H3,(H,25,26,29). The minimum atomic E-state index is 0.0390. The normalized spacial score (nSPS) is 18.3. The van der Waals surface area contributed by atoms with Crippen LogP contribution in [0.5, 0.6) is 0 Å². The number of likely N-dealkylation sites (tertiary alicyclic amines) is 1. The van der Waals surface area contributed by atoms with E-state index in [1.165, 1.54) is 0 Å². The molecular formula is C23H27N5O. The molecule has 1 spiro atoms. The first-order valence-corrected chi connectivity index (χ1v) is 10.4. The van der Waals surface area contributed by atoms with Gasteiger partial charge in [-0.15, -0.1) is 0 Å². The van der Waals surface area contributed by atoms with Crippen LogP contribution < -0.4 is 5.56 Å². The van der Waals surface area contributed by atoms with Crippen molar-refractivity contribution in [3.05, 3.63) is 69.7 Å². The maximum atomic E-state index is 12.8. The lowest BCUT2D eigenvalue weighted by molar-refractivity contribution is 0.149. The number of fused-ring (bicyclic) bond motifs is 2. The van der Waals surface area contributed by atoms with Gasteiger partial charge in [-0.25, -0.2) is 9.97 Å². The van der Waals surface area contributed by atoms with E-state index in [9.17, 15) is 4.79 Å². The number of aromatic amines is 1. The molecule has 0 bridgehead atoms. The molecule has 6 heteroatoms. The van der Waals surface area contributed by atoms with E-state index in [4.69, 9.17) is 4.98 Å². The van der Waals surface area contributed by atoms with Crippen LogP contribution in [0.2, 0.25) is 0 Å². The smallest absolute Gasteiger partial charge is 0.254 e. The highest BCUT2D eigenvalue weighted by Crippen LogP contribution is 2.44. The van der Waals surface area contributed by atoms with Crippen LogP contribution in [-0.4, -0.2) is 37.5 Å². The Hall–Kier alpha value is -2.73. The number of aromatic nitrogens is 4. The molecule has 3 heterocycles. The van der Waals surface area contributed by atoms with Gasteiger partial charge in [-0.3, -0.25) is 9.69 Å². The quantitative estimate of drug-likeness (QED) is 0.748. The van der Waals surface area contributed by atoms with Crippen molar-refractivity contribution in [3.8, 4) is 11.4 Å². The van der Waals surface area contributed by atoms with Crippen molar-refractivity contribution in [2.75, 3.05) is 13.1 Å². The molecule has 29 heavy (non-hydrogen) atoms. The molecule has 5 rings (SSSR count). The molecule has 6 nitrogen and oxygen atoms in total. The number of rotatable bonds is 3. The molecule has 1 saturated heterocycles. The van der Waals surface area contributed by atoms with Crippen molar-refractivity contribution >= 4 is 0 Å². The Balaban J connectivity index is 1.39. The molecule has 1 aromatic carbocycles. The zero-order valence-corrected chi connectivity index (χ0v) is 17.1. The third kappa shape index (κ3) is 3.21.